The van der Waals surface area contributed by atoms with Gasteiger partial charge in [0, 0.05) is 17.7 Å². The minimum absolute atomic E-state index is 0.0442. The highest BCUT2D eigenvalue weighted by Gasteiger charge is 2.38. The first-order valence-corrected chi connectivity index (χ1v) is 13.4. The first-order chi connectivity index (χ1) is 12.0. The monoisotopic (exact) mass is 416 g/mol. The number of aryl methyl sites for hydroxylation is 1. The average Bonchev–Trinajstić information content (AvgIpc) is 2.42. The maximum absolute atomic E-state index is 11.4. The van der Waals surface area contributed by atoms with Gasteiger partial charge >= 0.3 is 7.82 Å². The lowest BCUT2D eigenvalue weighted by molar-refractivity contribution is 0.112. The molecule has 0 aromatic heterocycles. The van der Waals surface area contributed by atoms with Crippen LogP contribution in [0.3, 0.4) is 0 Å². The summed E-state index contributed by atoms with van der Waals surface area (Å²) in [5.74, 6) is 0.0442. The van der Waals surface area contributed by atoms with Gasteiger partial charge in [-0.15, -0.1) is 0 Å². The van der Waals surface area contributed by atoms with Gasteiger partial charge in [-0.3, -0.25) is 14.6 Å². The van der Waals surface area contributed by atoms with Gasteiger partial charge in [-0.1, -0.05) is 34.6 Å². The normalized spacial score (nSPS) is 13.6. The van der Waals surface area contributed by atoms with Gasteiger partial charge in [-0.25, -0.2) is 4.57 Å². The molecule has 1 rings (SSSR count). The Balaban J connectivity index is 3.18. The Morgan fingerprint density at radius 2 is 1.70 bits per heavy atom. The maximum Gasteiger partial charge on any atom is 0.524 e. The lowest BCUT2D eigenvalue weighted by Crippen LogP contribution is -2.41. The Hall–Kier alpha value is -0.983. The fraction of sp³-hybridized carbons (Fsp3) is 0.632. The summed E-state index contributed by atoms with van der Waals surface area (Å²) in [5, 5.41) is 0.105. The quantitative estimate of drug-likeness (QED) is 0.353. The van der Waals surface area contributed by atoms with Crippen molar-refractivity contribution in [2.24, 2.45) is 0 Å². The van der Waals surface area contributed by atoms with Gasteiger partial charge in [-0.05, 0) is 54.6 Å². The van der Waals surface area contributed by atoms with Crippen molar-refractivity contribution in [1.29, 1.82) is 0 Å². The smallest absolute Gasteiger partial charge is 0.417 e. The molecule has 0 amide bonds. The molecular weight excluding hydrogens is 383 g/mol. The summed E-state index contributed by atoms with van der Waals surface area (Å²) in [6.45, 7) is 17.2. The molecule has 154 valence electrons. The fourth-order valence-corrected chi connectivity index (χ4v) is 4.27. The number of hydrogen-bond donors (Lipinski definition) is 2. The van der Waals surface area contributed by atoms with E-state index in [-0.39, 0.29) is 10.8 Å². The number of phosphoric ester groups is 1. The minimum Gasteiger partial charge on any atom is -0.417 e. The van der Waals surface area contributed by atoms with E-state index in [2.05, 4.69) is 33.9 Å². The van der Waals surface area contributed by atoms with Crippen molar-refractivity contribution in [2.45, 2.75) is 71.5 Å². The third kappa shape index (κ3) is 6.54. The number of aldehydes is 1. The number of hydrogen-bond acceptors (Lipinski definition) is 4. The largest absolute Gasteiger partial charge is 0.524 e. The molecule has 27 heavy (non-hydrogen) atoms. The second kappa shape index (κ2) is 8.17. The molecule has 0 fully saturated rings. The third-order valence-corrected chi connectivity index (χ3v) is 10.3. The molecule has 1 aromatic rings. The standard InChI is InChI=1S/C19H33O6PSi/c1-14-11-15(13-20)12-16(25-26(21,22)23)17(14)19(5,6)9-10-24-27(7,8)18(2,3)4/h11-13H,9-10H2,1-8H3,(H2,21,22,23). The van der Waals surface area contributed by atoms with Gasteiger partial charge in [0.05, 0.1) is 0 Å². The molecule has 0 bridgehead atoms. The van der Waals surface area contributed by atoms with Crippen molar-refractivity contribution in [3.05, 3.63) is 28.8 Å². The van der Waals surface area contributed by atoms with Crippen LogP contribution in [-0.2, 0) is 14.4 Å². The highest BCUT2D eigenvalue weighted by molar-refractivity contribution is 7.46. The molecular formula is C19H33O6PSi. The van der Waals surface area contributed by atoms with E-state index in [1.54, 1.807) is 6.07 Å². The van der Waals surface area contributed by atoms with Crippen LogP contribution >= 0.6 is 7.82 Å². The molecule has 6 nitrogen and oxygen atoms in total. The summed E-state index contributed by atoms with van der Waals surface area (Å²) in [6.07, 6.45) is 1.29. The van der Waals surface area contributed by atoms with Gasteiger partial charge in [0.25, 0.3) is 0 Å². The summed E-state index contributed by atoms with van der Waals surface area (Å²) in [5.41, 5.74) is 1.28. The van der Waals surface area contributed by atoms with Crippen LogP contribution < -0.4 is 4.52 Å². The maximum atomic E-state index is 11.4. The van der Waals surface area contributed by atoms with Crippen molar-refractivity contribution in [1.82, 2.24) is 0 Å². The van der Waals surface area contributed by atoms with Gasteiger partial charge in [0.2, 0.25) is 0 Å². The van der Waals surface area contributed by atoms with Crippen LogP contribution in [0.25, 0.3) is 0 Å². The second-order valence-electron chi connectivity index (χ2n) is 9.15. The highest BCUT2D eigenvalue weighted by atomic mass is 31.2. The molecule has 0 spiro atoms. The summed E-state index contributed by atoms with van der Waals surface area (Å²) >= 11 is 0. The SMILES string of the molecule is Cc1cc(C=O)cc(OP(=O)(O)O)c1C(C)(C)CCO[Si](C)(C)C(C)(C)C. The first kappa shape index (κ1) is 24.1. The minimum atomic E-state index is -4.75. The lowest BCUT2D eigenvalue weighted by Gasteiger charge is -2.37. The van der Waals surface area contributed by atoms with Gasteiger partial charge in [0.15, 0.2) is 8.32 Å². The van der Waals surface area contributed by atoms with Crippen LogP contribution in [-0.4, -0.2) is 31.0 Å². The average molecular weight is 417 g/mol. The van der Waals surface area contributed by atoms with E-state index in [9.17, 15) is 19.1 Å². The molecule has 0 aliphatic rings. The molecule has 0 aliphatic heterocycles. The molecule has 0 saturated heterocycles. The number of benzene rings is 1. The number of phosphoric acid groups is 1. The van der Waals surface area contributed by atoms with Gasteiger partial charge < -0.3 is 8.95 Å². The third-order valence-electron chi connectivity index (χ3n) is 5.35. The predicted octanol–water partition coefficient (Wildman–Crippen LogP) is 4.97. The Morgan fingerprint density at radius 3 is 2.15 bits per heavy atom. The van der Waals surface area contributed by atoms with Crippen molar-refractivity contribution >= 4 is 22.4 Å². The van der Waals surface area contributed by atoms with Crippen LogP contribution in [0.15, 0.2) is 12.1 Å². The van der Waals surface area contributed by atoms with Crippen molar-refractivity contribution in [2.75, 3.05) is 6.61 Å². The molecule has 0 unspecified atom stereocenters. The van der Waals surface area contributed by atoms with Crippen molar-refractivity contribution in [3.63, 3.8) is 0 Å². The topological polar surface area (TPSA) is 93.1 Å². The summed E-state index contributed by atoms with van der Waals surface area (Å²) in [6, 6.07) is 3.08. The van der Waals surface area contributed by atoms with E-state index in [4.69, 9.17) is 8.95 Å². The highest BCUT2D eigenvalue weighted by Crippen LogP contribution is 2.45. The molecule has 1 aromatic carbocycles. The Morgan fingerprint density at radius 1 is 1.15 bits per heavy atom. The van der Waals surface area contributed by atoms with E-state index < -0.39 is 21.6 Å². The van der Waals surface area contributed by atoms with E-state index in [1.807, 2.05) is 20.8 Å². The number of carbonyl (C=O) groups excluding carboxylic acids is 1. The van der Waals surface area contributed by atoms with Crippen molar-refractivity contribution < 1.29 is 28.1 Å². The zero-order valence-corrected chi connectivity index (χ0v) is 19.5. The molecule has 0 saturated carbocycles. The molecule has 2 N–H and O–H groups in total. The molecule has 0 aliphatic carbocycles. The van der Waals surface area contributed by atoms with E-state index in [0.29, 0.717) is 30.4 Å². The zero-order valence-electron chi connectivity index (χ0n) is 17.6. The Labute approximate surface area is 163 Å². The van der Waals surface area contributed by atoms with Crippen LogP contribution in [0.2, 0.25) is 18.1 Å². The number of rotatable bonds is 8. The number of carbonyl (C=O) groups is 1. The van der Waals surface area contributed by atoms with Crippen LogP contribution in [0, 0.1) is 6.92 Å². The van der Waals surface area contributed by atoms with Crippen LogP contribution in [0.5, 0.6) is 5.75 Å². The second-order valence-corrected chi connectivity index (χ2v) is 15.1. The van der Waals surface area contributed by atoms with Crippen LogP contribution in [0.4, 0.5) is 0 Å². The lowest BCUT2D eigenvalue weighted by atomic mass is 9.78. The molecule has 8 heteroatoms. The summed E-state index contributed by atoms with van der Waals surface area (Å²) in [7, 11) is -6.64. The summed E-state index contributed by atoms with van der Waals surface area (Å²) in [4.78, 5) is 29.7. The molecule has 0 atom stereocenters. The Kier molecular flexibility index (Phi) is 7.28. The first-order valence-electron chi connectivity index (χ1n) is 8.99. The van der Waals surface area contributed by atoms with Gasteiger partial charge in [-0.2, -0.15) is 0 Å². The molecule has 0 heterocycles. The van der Waals surface area contributed by atoms with E-state index >= 15 is 0 Å². The Bertz CT molecular complexity index is 730. The fourth-order valence-electron chi connectivity index (χ4n) is 2.82. The summed E-state index contributed by atoms with van der Waals surface area (Å²) < 4.78 is 22.6. The van der Waals surface area contributed by atoms with Crippen molar-refractivity contribution in [3.8, 4) is 5.75 Å². The predicted molar refractivity (Wildman–Crippen MR) is 110 cm³/mol. The zero-order chi connectivity index (χ0) is 21.3. The van der Waals surface area contributed by atoms with Gasteiger partial charge in [0.1, 0.15) is 12.0 Å². The van der Waals surface area contributed by atoms with Crippen LogP contribution in [0.1, 0.15) is 62.5 Å². The van der Waals surface area contributed by atoms with E-state index in [0.717, 1.165) is 5.56 Å². The van der Waals surface area contributed by atoms with E-state index in [1.165, 1.54) is 6.07 Å². The molecule has 0 radical (unpaired) electrons.